The Morgan fingerprint density at radius 3 is 2.32 bits per heavy atom. The fraction of sp³-hybridized carbons (Fsp3) is 0.543. The molecule has 2 aromatic rings. The molecule has 9 N–H and O–H groups in total. The number of amides is 6. The van der Waals surface area contributed by atoms with E-state index in [1.54, 1.807) is 50.5 Å². The number of aromatic nitrogens is 1. The number of aryl methyl sites for hydroxylation is 1. The lowest BCUT2D eigenvalue weighted by Crippen LogP contribution is -2.58. The summed E-state index contributed by atoms with van der Waals surface area (Å²) in [6.45, 7) is 6.10. The maximum atomic E-state index is 14.1. The number of carbonyl (C=O) groups is 7. The molecule has 6 amide bonds. The molecule has 6 atom stereocenters. The number of Topliss-reactive ketones (excluding diaryl/α,β-unsaturated/α-hetero) is 1. The highest BCUT2D eigenvalue weighted by atomic mass is 32.2. The molecule has 53 heavy (non-hydrogen) atoms. The van der Waals surface area contributed by atoms with Gasteiger partial charge in [0.1, 0.15) is 18.1 Å². The van der Waals surface area contributed by atoms with Crippen molar-refractivity contribution in [3.8, 4) is 10.4 Å². The van der Waals surface area contributed by atoms with Crippen LogP contribution in [0.5, 0.6) is 0 Å². The summed E-state index contributed by atoms with van der Waals surface area (Å²) >= 11 is 2.62. The topological polar surface area (TPSA) is 256 Å². The van der Waals surface area contributed by atoms with Gasteiger partial charge < -0.3 is 42.7 Å². The van der Waals surface area contributed by atoms with Crippen molar-refractivity contribution in [1.29, 1.82) is 0 Å². The Bertz CT molecular complexity index is 1690. The molecule has 0 saturated carbocycles. The van der Waals surface area contributed by atoms with Crippen LogP contribution < -0.4 is 32.7 Å². The standard InChI is InChI=1S/C35H48N8O8S2/c1-18-29(53-17-39-18)20-7-5-19(6-8-20)28-33(50)38-14-26(46)40-23(13-36)25(45)11-21(31(37)48)9-10-52-16-27(47)41-30(35(2,3)4)34(51)43-15-22(44)12-24(43)32(49)42-28/h5-8,17,21-24,28,30,44H,9-16,36H2,1-4H3,(H2,37,48)(H,38,50)(H,40,46)(H,41,47)(H,42,49)/t21-,22+,23+,24-,28?,30+/m0/s1. The van der Waals surface area contributed by atoms with Crippen LogP contribution in [0.3, 0.4) is 0 Å². The third-order valence-corrected chi connectivity index (χ3v) is 11.1. The first-order valence-corrected chi connectivity index (χ1v) is 19.3. The molecule has 0 radical (unpaired) electrons. The molecule has 0 bridgehead atoms. The number of primary amides is 1. The van der Waals surface area contributed by atoms with Gasteiger partial charge in [-0.3, -0.25) is 33.6 Å². The molecule has 18 heteroatoms. The molecule has 0 spiro atoms. The summed E-state index contributed by atoms with van der Waals surface area (Å²) in [5.41, 5.74) is 14.3. The Labute approximate surface area is 316 Å². The Morgan fingerprint density at radius 2 is 1.72 bits per heavy atom. The molecule has 1 aromatic carbocycles. The number of nitrogens with zero attached hydrogens (tertiary/aromatic N) is 2. The lowest BCUT2D eigenvalue weighted by molar-refractivity contribution is -0.144. The van der Waals surface area contributed by atoms with Crippen LogP contribution >= 0.6 is 23.1 Å². The van der Waals surface area contributed by atoms with E-state index in [0.29, 0.717) is 5.56 Å². The van der Waals surface area contributed by atoms with Crippen molar-refractivity contribution in [2.75, 3.05) is 31.1 Å². The molecule has 16 nitrogen and oxygen atoms in total. The number of hydrogen-bond donors (Lipinski definition) is 7. The first kappa shape index (κ1) is 41.4. The van der Waals surface area contributed by atoms with Crippen LogP contribution in [-0.4, -0.2) is 112 Å². The molecular formula is C35H48N8O8S2. The van der Waals surface area contributed by atoms with Gasteiger partial charge in [0, 0.05) is 31.8 Å². The van der Waals surface area contributed by atoms with Crippen LogP contribution in [0.1, 0.15) is 57.3 Å². The average Bonchev–Trinajstić information content (AvgIpc) is 3.72. The number of thioether (sulfide) groups is 1. The van der Waals surface area contributed by atoms with Crippen molar-refractivity contribution < 1.29 is 38.7 Å². The van der Waals surface area contributed by atoms with Crippen molar-refractivity contribution in [3.63, 3.8) is 0 Å². The van der Waals surface area contributed by atoms with E-state index in [9.17, 15) is 38.7 Å². The molecule has 3 heterocycles. The molecule has 2 saturated heterocycles. The molecule has 4 rings (SSSR count). The van der Waals surface area contributed by atoms with Gasteiger partial charge in [-0.15, -0.1) is 11.3 Å². The third-order valence-electron chi connectivity index (χ3n) is 9.16. The Balaban J connectivity index is 1.68. The summed E-state index contributed by atoms with van der Waals surface area (Å²) in [6, 6.07) is 2.05. The minimum Gasteiger partial charge on any atom is -0.391 e. The average molecular weight is 773 g/mol. The number of thiazole rings is 1. The van der Waals surface area contributed by atoms with Gasteiger partial charge in [0.15, 0.2) is 5.78 Å². The first-order chi connectivity index (χ1) is 25.0. The zero-order chi connectivity index (χ0) is 39.0. The maximum absolute atomic E-state index is 14.1. The maximum Gasteiger partial charge on any atom is 0.247 e. The summed E-state index contributed by atoms with van der Waals surface area (Å²) in [5.74, 6) is -5.24. The molecule has 1 aromatic heterocycles. The largest absolute Gasteiger partial charge is 0.391 e. The number of rotatable bonds is 4. The van der Waals surface area contributed by atoms with Gasteiger partial charge in [0.2, 0.25) is 35.4 Å². The summed E-state index contributed by atoms with van der Waals surface area (Å²) in [6.07, 6.45) is -1.30. The number of carbonyl (C=O) groups excluding carboxylic acids is 7. The summed E-state index contributed by atoms with van der Waals surface area (Å²) in [7, 11) is 0. The van der Waals surface area contributed by atoms with Crippen LogP contribution in [0.25, 0.3) is 10.4 Å². The fourth-order valence-corrected chi connectivity index (χ4v) is 7.85. The highest BCUT2D eigenvalue weighted by molar-refractivity contribution is 7.99. The zero-order valence-electron chi connectivity index (χ0n) is 30.2. The number of fused-ring (bicyclic) bond motifs is 1. The van der Waals surface area contributed by atoms with Gasteiger partial charge in [-0.1, -0.05) is 45.0 Å². The van der Waals surface area contributed by atoms with Crippen LogP contribution in [0.15, 0.2) is 29.8 Å². The highest BCUT2D eigenvalue weighted by Crippen LogP contribution is 2.30. The minimum atomic E-state index is -1.35. The lowest BCUT2D eigenvalue weighted by atomic mass is 9.85. The van der Waals surface area contributed by atoms with Crippen LogP contribution in [0, 0.1) is 18.3 Å². The highest BCUT2D eigenvalue weighted by Gasteiger charge is 2.45. The predicted octanol–water partition coefficient (Wildman–Crippen LogP) is -0.474. The number of nitrogens with two attached hydrogens (primary N) is 2. The van der Waals surface area contributed by atoms with E-state index in [-0.39, 0.29) is 43.9 Å². The molecule has 0 aliphatic carbocycles. The van der Waals surface area contributed by atoms with Gasteiger partial charge in [0.25, 0.3) is 0 Å². The van der Waals surface area contributed by atoms with Crippen molar-refractivity contribution in [2.24, 2.45) is 22.8 Å². The fourth-order valence-electron chi connectivity index (χ4n) is 6.17. The van der Waals surface area contributed by atoms with Crippen molar-refractivity contribution in [1.82, 2.24) is 31.2 Å². The first-order valence-electron chi connectivity index (χ1n) is 17.3. The zero-order valence-corrected chi connectivity index (χ0v) is 31.8. The Hall–Kier alpha value is -4.39. The van der Waals surface area contributed by atoms with Crippen molar-refractivity contribution >= 4 is 64.3 Å². The second-order valence-corrected chi connectivity index (χ2v) is 16.2. The van der Waals surface area contributed by atoms with Gasteiger partial charge in [-0.05, 0) is 35.6 Å². The summed E-state index contributed by atoms with van der Waals surface area (Å²) < 4.78 is 0. The smallest absolute Gasteiger partial charge is 0.247 e. The van der Waals surface area contributed by atoms with E-state index >= 15 is 0 Å². The van der Waals surface area contributed by atoms with Crippen LogP contribution in [-0.2, 0) is 33.6 Å². The second kappa shape index (κ2) is 18.1. The molecular weight excluding hydrogens is 725 g/mol. The molecule has 2 aliphatic heterocycles. The lowest BCUT2D eigenvalue weighted by Gasteiger charge is -2.35. The summed E-state index contributed by atoms with van der Waals surface area (Å²) in [4.78, 5) is 99.6. The van der Waals surface area contributed by atoms with E-state index in [1.165, 1.54) is 28.0 Å². The number of aliphatic hydroxyl groups excluding tert-OH is 1. The number of hydrogen-bond acceptors (Lipinski definition) is 12. The molecule has 288 valence electrons. The Morgan fingerprint density at radius 1 is 1.02 bits per heavy atom. The second-order valence-electron chi connectivity index (χ2n) is 14.3. The van der Waals surface area contributed by atoms with Gasteiger partial charge >= 0.3 is 0 Å². The number of nitrogens with one attached hydrogen (secondary N) is 4. The molecule has 2 aliphatic rings. The van der Waals surface area contributed by atoms with Gasteiger partial charge in [0.05, 0.1) is 40.5 Å². The number of benzene rings is 1. The normalized spacial score (nSPS) is 26.3. The van der Waals surface area contributed by atoms with E-state index < -0.39 is 89.4 Å². The quantitative estimate of drug-likeness (QED) is 0.209. The van der Waals surface area contributed by atoms with Crippen LogP contribution in [0.4, 0.5) is 0 Å². The van der Waals surface area contributed by atoms with Gasteiger partial charge in [-0.2, -0.15) is 11.8 Å². The van der Waals surface area contributed by atoms with Gasteiger partial charge in [-0.25, -0.2) is 4.98 Å². The van der Waals surface area contributed by atoms with Crippen LogP contribution in [0.2, 0.25) is 0 Å². The van der Waals surface area contributed by atoms with Crippen molar-refractivity contribution in [2.45, 2.75) is 77.2 Å². The monoisotopic (exact) mass is 772 g/mol. The van der Waals surface area contributed by atoms with E-state index in [4.69, 9.17) is 11.5 Å². The van der Waals surface area contributed by atoms with E-state index in [0.717, 1.165) is 16.1 Å². The predicted molar refractivity (Wildman–Crippen MR) is 199 cm³/mol. The summed E-state index contributed by atoms with van der Waals surface area (Å²) in [5, 5.41) is 21.1. The van der Waals surface area contributed by atoms with E-state index in [2.05, 4.69) is 26.3 Å². The number of aliphatic hydroxyl groups is 1. The SMILES string of the molecule is Cc1ncsc1-c1ccc(C2NC(=O)[C@@H]3C[C@@H](O)CN3C(=O)[C@H](C(C)(C)C)NC(=O)CSCC[C@H](C(N)=O)CC(=O)[C@@H](CN)NC(=O)CNC2=O)cc1. The van der Waals surface area contributed by atoms with Crippen molar-refractivity contribution in [3.05, 3.63) is 41.0 Å². The molecule has 2 fully saturated rings. The molecule has 1 unspecified atom stereocenters. The minimum absolute atomic E-state index is 0.0779. The van der Waals surface area contributed by atoms with E-state index in [1.807, 2.05) is 6.92 Å². The third kappa shape index (κ3) is 10.8. The number of ketones is 1. The Kier molecular flexibility index (Phi) is 14.1.